The van der Waals surface area contributed by atoms with E-state index in [2.05, 4.69) is 35.6 Å². The Morgan fingerprint density at radius 1 is 0.905 bits per heavy atom. The first-order chi connectivity index (χ1) is 10.3. The lowest BCUT2D eigenvalue weighted by Crippen LogP contribution is -2.17. The molecule has 2 aromatic carbocycles. The molecule has 0 aromatic heterocycles. The summed E-state index contributed by atoms with van der Waals surface area (Å²) in [6.45, 7) is 2.48. The minimum Gasteiger partial charge on any atom is -0.496 e. The molecule has 3 nitrogen and oxygen atoms in total. The van der Waals surface area contributed by atoms with Crippen LogP contribution in [0.25, 0.3) is 0 Å². The topological polar surface area (TPSA) is 30.5 Å². The van der Waals surface area contributed by atoms with E-state index < -0.39 is 0 Å². The van der Waals surface area contributed by atoms with Crippen molar-refractivity contribution >= 4 is 0 Å². The highest BCUT2D eigenvalue weighted by molar-refractivity contribution is 5.33. The van der Waals surface area contributed by atoms with E-state index in [0.29, 0.717) is 6.61 Å². The van der Waals surface area contributed by atoms with Crippen molar-refractivity contribution in [3.8, 4) is 5.75 Å². The monoisotopic (exact) mass is 285 g/mol. The van der Waals surface area contributed by atoms with Crippen LogP contribution >= 0.6 is 0 Å². The zero-order valence-electron chi connectivity index (χ0n) is 12.8. The van der Waals surface area contributed by atoms with Crippen LogP contribution in [0.15, 0.2) is 48.5 Å². The lowest BCUT2D eigenvalue weighted by Gasteiger charge is -2.09. The molecule has 1 N–H and O–H groups in total. The van der Waals surface area contributed by atoms with E-state index in [-0.39, 0.29) is 0 Å². The molecule has 0 saturated carbocycles. The fourth-order valence-electron chi connectivity index (χ4n) is 2.29. The Bertz CT molecular complexity index is 537. The molecule has 0 radical (unpaired) electrons. The summed E-state index contributed by atoms with van der Waals surface area (Å²) in [4.78, 5) is 0. The number of nitrogens with one attached hydrogen (secondary N) is 1. The molecule has 0 aliphatic rings. The van der Waals surface area contributed by atoms with Gasteiger partial charge < -0.3 is 14.8 Å². The second kappa shape index (κ2) is 8.45. The zero-order valence-corrected chi connectivity index (χ0v) is 12.8. The van der Waals surface area contributed by atoms with E-state index in [9.17, 15) is 0 Å². The smallest absolute Gasteiger partial charge is 0.122 e. The summed E-state index contributed by atoms with van der Waals surface area (Å²) >= 11 is 0. The summed E-state index contributed by atoms with van der Waals surface area (Å²) in [5.41, 5.74) is 3.73. The molecule has 0 saturated heterocycles. The van der Waals surface area contributed by atoms with E-state index in [1.54, 1.807) is 14.2 Å². The van der Waals surface area contributed by atoms with Gasteiger partial charge in [0.1, 0.15) is 5.75 Å². The first-order valence-electron chi connectivity index (χ1n) is 7.23. The third-order valence-electron chi connectivity index (χ3n) is 3.43. The van der Waals surface area contributed by atoms with Gasteiger partial charge in [0.25, 0.3) is 0 Å². The maximum absolute atomic E-state index is 5.36. The molecule has 112 valence electrons. The van der Waals surface area contributed by atoms with Crippen LogP contribution in [0.3, 0.4) is 0 Å². The molecule has 2 aromatic rings. The van der Waals surface area contributed by atoms with Crippen molar-refractivity contribution in [2.24, 2.45) is 0 Å². The molecule has 0 spiro atoms. The van der Waals surface area contributed by atoms with Gasteiger partial charge in [-0.15, -0.1) is 0 Å². The standard InChI is InChI=1S/C18H23NO2/c1-20-14-16-9-7-15(8-10-16)13-19-12-11-17-5-3-4-6-18(17)21-2/h3-10,19H,11-14H2,1-2H3. The van der Waals surface area contributed by atoms with Crippen molar-refractivity contribution in [3.63, 3.8) is 0 Å². The van der Waals surface area contributed by atoms with Crippen LogP contribution in [0.1, 0.15) is 16.7 Å². The van der Waals surface area contributed by atoms with Crippen LogP contribution in [0.2, 0.25) is 0 Å². The Morgan fingerprint density at radius 3 is 2.33 bits per heavy atom. The molecule has 0 atom stereocenters. The maximum atomic E-state index is 5.36. The SMILES string of the molecule is COCc1ccc(CNCCc2ccccc2OC)cc1. The van der Waals surface area contributed by atoms with Gasteiger partial charge in [0.05, 0.1) is 13.7 Å². The summed E-state index contributed by atoms with van der Waals surface area (Å²) in [7, 11) is 3.43. The number of hydrogen-bond donors (Lipinski definition) is 1. The number of para-hydroxylation sites is 1. The molecule has 0 fully saturated rings. The van der Waals surface area contributed by atoms with Gasteiger partial charge in [0, 0.05) is 13.7 Å². The lowest BCUT2D eigenvalue weighted by molar-refractivity contribution is 0.185. The predicted octanol–water partition coefficient (Wildman–Crippen LogP) is 3.17. The molecule has 21 heavy (non-hydrogen) atoms. The third-order valence-corrected chi connectivity index (χ3v) is 3.43. The van der Waals surface area contributed by atoms with Crippen molar-refractivity contribution in [3.05, 3.63) is 65.2 Å². The maximum Gasteiger partial charge on any atom is 0.122 e. The van der Waals surface area contributed by atoms with Crippen LogP contribution in [0.5, 0.6) is 5.75 Å². The van der Waals surface area contributed by atoms with Crippen LogP contribution in [-0.4, -0.2) is 20.8 Å². The molecular weight excluding hydrogens is 262 g/mol. The van der Waals surface area contributed by atoms with Crippen LogP contribution < -0.4 is 10.1 Å². The Hall–Kier alpha value is -1.84. The number of rotatable bonds is 8. The van der Waals surface area contributed by atoms with Crippen molar-refractivity contribution in [2.45, 2.75) is 19.6 Å². The minimum atomic E-state index is 0.668. The number of hydrogen-bond acceptors (Lipinski definition) is 3. The summed E-state index contributed by atoms with van der Waals surface area (Å²) in [5.74, 6) is 0.961. The largest absolute Gasteiger partial charge is 0.496 e. The van der Waals surface area contributed by atoms with Gasteiger partial charge >= 0.3 is 0 Å². The fraction of sp³-hybridized carbons (Fsp3) is 0.333. The van der Waals surface area contributed by atoms with Gasteiger partial charge in [0.15, 0.2) is 0 Å². The van der Waals surface area contributed by atoms with E-state index in [0.717, 1.165) is 25.3 Å². The first-order valence-corrected chi connectivity index (χ1v) is 7.23. The molecule has 0 aliphatic carbocycles. The van der Waals surface area contributed by atoms with Crippen molar-refractivity contribution in [1.82, 2.24) is 5.32 Å². The summed E-state index contributed by atoms with van der Waals surface area (Å²) in [5, 5.41) is 3.47. The number of methoxy groups -OCH3 is 2. The second-order valence-corrected chi connectivity index (χ2v) is 4.99. The molecule has 0 bridgehead atoms. The Kier molecular flexibility index (Phi) is 6.25. The molecular formula is C18H23NO2. The minimum absolute atomic E-state index is 0.668. The average Bonchev–Trinajstić information content (AvgIpc) is 2.54. The quantitative estimate of drug-likeness (QED) is 0.756. The fourth-order valence-corrected chi connectivity index (χ4v) is 2.29. The van der Waals surface area contributed by atoms with E-state index >= 15 is 0 Å². The van der Waals surface area contributed by atoms with E-state index in [4.69, 9.17) is 9.47 Å². The number of benzene rings is 2. The lowest BCUT2D eigenvalue weighted by atomic mass is 10.1. The van der Waals surface area contributed by atoms with E-state index in [1.165, 1.54) is 16.7 Å². The van der Waals surface area contributed by atoms with Crippen LogP contribution in [0.4, 0.5) is 0 Å². The molecule has 0 unspecified atom stereocenters. The molecule has 3 heteroatoms. The molecule has 0 aliphatic heterocycles. The summed E-state index contributed by atoms with van der Waals surface area (Å²) in [6.07, 6.45) is 0.964. The Labute approximate surface area is 126 Å². The first kappa shape index (κ1) is 15.5. The highest BCUT2D eigenvalue weighted by Crippen LogP contribution is 2.17. The van der Waals surface area contributed by atoms with Gasteiger partial charge in [-0.3, -0.25) is 0 Å². The van der Waals surface area contributed by atoms with Gasteiger partial charge in [-0.1, -0.05) is 42.5 Å². The summed E-state index contributed by atoms with van der Waals surface area (Å²) in [6, 6.07) is 16.7. The van der Waals surface area contributed by atoms with Gasteiger partial charge in [-0.25, -0.2) is 0 Å². The normalized spacial score (nSPS) is 10.6. The predicted molar refractivity (Wildman–Crippen MR) is 85.6 cm³/mol. The molecule has 0 heterocycles. The number of ether oxygens (including phenoxy) is 2. The van der Waals surface area contributed by atoms with Crippen LogP contribution in [-0.2, 0) is 24.3 Å². The average molecular weight is 285 g/mol. The zero-order chi connectivity index (χ0) is 14.9. The second-order valence-electron chi connectivity index (χ2n) is 4.99. The highest BCUT2D eigenvalue weighted by Gasteiger charge is 2.01. The highest BCUT2D eigenvalue weighted by atomic mass is 16.5. The van der Waals surface area contributed by atoms with Crippen molar-refractivity contribution in [2.75, 3.05) is 20.8 Å². The van der Waals surface area contributed by atoms with Gasteiger partial charge in [-0.2, -0.15) is 0 Å². The van der Waals surface area contributed by atoms with Crippen LogP contribution in [0, 0.1) is 0 Å². The molecule has 0 amide bonds. The Balaban J connectivity index is 1.76. The summed E-state index contributed by atoms with van der Waals surface area (Å²) < 4.78 is 10.5. The third kappa shape index (κ3) is 4.88. The Morgan fingerprint density at radius 2 is 1.62 bits per heavy atom. The molecule has 2 rings (SSSR count). The van der Waals surface area contributed by atoms with Crippen molar-refractivity contribution in [1.29, 1.82) is 0 Å². The van der Waals surface area contributed by atoms with Gasteiger partial charge in [-0.05, 0) is 35.7 Å². The van der Waals surface area contributed by atoms with E-state index in [1.807, 2.05) is 18.2 Å². The van der Waals surface area contributed by atoms with Crippen molar-refractivity contribution < 1.29 is 9.47 Å². The van der Waals surface area contributed by atoms with Gasteiger partial charge in [0.2, 0.25) is 0 Å².